The van der Waals surface area contributed by atoms with Gasteiger partial charge in [0.05, 0.1) is 15.4 Å². The molecule has 0 bridgehead atoms. The second-order valence-electron chi connectivity index (χ2n) is 4.01. The number of benzene rings is 1. The molecule has 0 fully saturated rings. The van der Waals surface area contributed by atoms with Crippen LogP contribution in [-0.2, 0) is 20.8 Å². The van der Waals surface area contributed by atoms with Crippen LogP contribution >= 0.6 is 0 Å². The van der Waals surface area contributed by atoms with Crippen LogP contribution in [0.5, 0.6) is 0 Å². The third-order valence-corrected chi connectivity index (χ3v) is 4.06. The minimum absolute atomic E-state index is 0.207. The Morgan fingerprint density at radius 2 is 1.52 bits per heavy atom. The number of carboxylic acid groups (broad SMARTS) is 1. The molecule has 0 aliphatic rings. The quantitative estimate of drug-likeness (QED) is 0.610. The molecule has 126 valence electrons. The number of carbonyl (C=O) groups is 1. The van der Waals surface area contributed by atoms with Crippen LogP contribution in [0.25, 0.3) is 0 Å². The smallest absolute Gasteiger partial charge is 0.416 e. The first-order valence-electron chi connectivity index (χ1n) is 5.26. The third-order valence-electron chi connectivity index (χ3n) is 2.39. The zero-order chi connectivity index (χ0) is 18.2. The van der Waals surface area contributed by atoms with E-state index in [0.29, 0.717) is 0 Å². The van der Waals surface area contributed by atoms with Gasteiger partial charge in [-0.15, -0.1) is 0 Å². The molecule has 10 nitrogen and oxygen atoms in total. The number of nitro groups is 2. The average molecular weight is 358 g/mol. The summed E-state index contributed by atoms with van der Waals surface area (Å²) in [7, 11) is -5.12. The summed E-state index contributed by atoms with van der Waals surface area (Å²) in [6.45, 7) is 0. The molecule has 0 aliphatic carbocycles. The number of nitro benzene ring substituents is 2. The Morgan fingerprint density at radius 1 is 1.13 bits per heavy atom. The van der Waals surface area contributed by atoms with Gasteiger partial charge in [0.15, 0.2) is 5.75 Å². The molecule has 0 amide bonds. The Morgan fingerprint density at radius 3 is 1.78 bits per heavy atom. The molecular weight excluding hydrogens is 353 g/mol. The maximum Gasteiger partial charge on any atom is 0.416 e. The molecule has 0 spiro atoms. The van der Waals surface area contributed by atoms with Crippen molar-refractivity contribution in [2.45, 2.75) is 11.1 Å². The summed E-state index contributed by atoms with van der Waals surface area (Å²) in [6, 6.07) is -0.413. The Bertz CT molecular complexity index is 766. The van der Waals surface area contributed by atoms with E-state index in [2.05, 4.69) is 0 Å². The van der Waals surface area contributed by atoms with E-state index in [-0.39, 0.29) is 12.1 Å². The third kappa shape index (κ3) is 3.91. The maximum atomic E-state index is 12.6. The van der Waals surface area contributed by atoms with Crippen molar-refractivity contribution in [1.29, 1.82) is 0 Å². The van der Waals surface area contributed by atoms with Crippen LogP contribution < -0.4 is 0 Å². The Balaban J connectivity index is 3.91. The zero-order valence-corrected chi connectivity index (χ0v) is 11.4. The van der Waals surface area contributed by atoms with Crippen molar-refractivity contribution in [2.24, 2.45) is 0 Å². The first-order chi connectivity index (χ1) is 10.3. The molecule has 0 aliphatic heterocycles. The van der Waals surface area contributed by atoms with E-state index in [1.807, 2.05) is 0 Å². The predicted molar refractivity (Wildman–Crippen MR) is 64.4 cm³/mol. The van der Waals surface area contributed by atoms with E-state index in [0.717, 1.165) is 0 Å². The summed E-state index contributed by atoms with van der Waals surface area (Å²) in [5.74, 6) is -3.76. The van der Waals surface area contributed by atoms with Crippen LogP contribution in [-0.4, -0.2) is 35.1 Å². The van der Waals surface area contributed by atoms with Gasteiger partial charge in [-0.25, -0.2) is 8.42 Å². The van der Waals surface area contributed by atoms with E-state index in [4.69, 9.17) is 5.11 Å². The lowest BCUT2D eigenvalue weighted by molar-refractivity contribution is -0.400. The molecule has 1 rings (SSSR count). The molecule has 23 heavy (non-hydrogen) atoms. The highest BCUT2D eigenvalue weighted by Crippen LogP contribution is 2.40. The largest absolute Gasteiger partial charge is 0.480 e. The molecule has 1 aromatic carbocycles. The van der Waals surface area contributed by atoms with Crippen molar-refractivity contribution in [3.05, 3.63) is 37.9 Å². The van der Waals surface area contributed by atoms with E-state index >= 15 is 0 Å². The minimum atomic E-state index is -5.22. The number of halogens is 3. The summed E-state index contributed by atoms with van der Waals surface area (Å²) in [5, 5.41) is 30.1. The average Bonchev–Trinajstić information content (AvgIpc) is 2.34. The van der Waals surface area contributed by atoms with Crippen LogP contribution in [0.15, 0.2) is 17.0 Å². The highest BCUT2D eigenvalue weighted by Gasteiger charge is 2.42. The van der Waals surface area contributed by atoms with Gasteiger partial charge in [0, 0.05) is 12.1 Å². The van der Waals surface area contributed by atoms with Gasteiger partial charge in [-0.3, -0.25) is 25.0 Å². The molecular formula is C9H5F3N2O8S. The predicted octanol–water partition coefficient (Wildman–Crippen LogP) is 1.38. The van der Waals surface area contributed by atoms with Gasteiger partial charge in [-0.05, 0) is 0 Å². The monoisotopic (exact) mass is 358 g/mol. The fraction of sp³-hybridized carbons (Fsp3) is 0.222. The van der Waals surface area contributed by atoms with E-state index in [9.17, 15) is 46.6 Å². The summed E-state index contributed by atoms with van der Waals surface area (Å²) in [6.07, 6.45) is -5.22. The van der Waals surface area contributed by atoms with Gasteiger partial charge in [0.2, 0.25) is 14.7 Å². The molecule has 0 unspecified atom stereocenters. The van der Waals surface area contributed by atoms with E-state index in [1.165, 1.54) is 0 Å². The Labute approximate surface area is 124 Å². The summed E-state index contributed by atoms with van der Waals surface area (Å²) < 4.78 is 61.4. The SMILES string of the molecule is O=C(O)CS(=O)(=O)c1c([N+](=O)[O-])cc(C(F)(F)F)cc1[N+](=O)[O-]. The van der Waals surface area contributed by atoms with E-state index < -0.39 is 59.4 Å². The molecule has 0 aromatic heterocycles. The second kappa shape index (κ2) is 5.79. The van der Waals surface area contributed by atoms with Crippen LogP contribution in [0, 0.1) is 20.2 Å². The molecule has 0 heterocycles. The normalized spacial score (nSPS) is 12.0. The standard InChI is InChI=1S/C9H5F3N2O8S/c10-9(11,12)4-1-5(13(17)18)8(6(2-4)14(19)20)23(21,22)3-7(15)16/h1-2H,3H2,(H,15,16). The van der Waals surface area contributed by atoms with Gasteiger partial charge in [0.1, 0.15) is 0 Å². The number of hydrogen-bond acceptors (Lipinski definition) is 7. The lowest BCUT2D eigenvalue weighted by Crippen LogP contribution is -2.19. The van der Waals surface area contributed by atoms with Crippen molar-refractivity contribution in [3.63, 3.8) is 0 Å². The lowest BCUT2D eigenvalue weighted by atomic mass is 10.1. The molecule has 0 radical (unpaired) electrons. The van der Waals surface area contributed by atoms with Gasteiger partial charge >= 0.3 is 12.1 Å². The van der Waals surface area contributed by atoms with Crippen LogP contribution in [0.1, 0.15) is 5.56 Å². The van der Waals surface area contributed by atoms with Gasteiger partial charge < -0.3 is 5.11 Å². The fourth-order valence-electron chi connectivity index (χ4n) is 1.59. The number of alkyl halides is 3. The van der Waals surface area contributed by atoms with Gasteiger partial charge in [0.25, 0.3) is 11.4 Å². The first kappa shape index (κ1) is 18.3. The van der Waals surface area contributed by atoms with Crippen LogP contribution in [0.2, 0.25) is 0 Å². The first-order valence-corrected chi connectivity index (χ1v) is 6.91. The summed E-state index contributed by atoms with van der Waals surface area (Å²) >= 11 is 0. The number of nitrogens with zero attached hydrogens (tertiary/aromatic N) is 2. The second-order valence-corrected chi connectivity index (χ2v) is 5.93. The lowest BCUT2D eigenvalue weighted by Gasteiger charge is -2.09. The van der Waals surface area contributed by atoms with Gasteiger partial charge in [-0.2, -0.15) is 13.2 Å². The zero-order valence-electron chi connectivity index (χ0n) is 10.6. The topological polar surface area (TPSA) is 158 Å². The highest BCUT2D eigenvalue weighted by molar-refractivity contribution is 7.92. The Hall–Kier alpha value is -2.77. The van der Waals surface area contributed by atoms with E-state index in [1.54, 1.807) is 0 Å². The number of sulfone groups is 1. The maximum absolute atomic E-state index is 12.6. The van der Waals surface area contributed by atoms with Crippen molar-refractivity contribution >= 4 is 27.2 Å². The molecule has 0 saturated carbocycles. The number of aliphatic carboxylic acids is 1. The van der Waals surface area contributed by atoms with Crippen molar-refractivity contribution in [2.75, 3.05) is 5.75 Å². The molecule has 0 atom stereocenters. The summed E-state index contributed by atoms with van der Waals surface area (Å²) in [4.78, 5) is 27.3. The number of rotatable bonds is 5. The van der Waals surface area contributed by atoms with Crippen molar-refractivity contribution in [1.82, 2.24) is 0 Å². The molecule has 0 saturated heterocycles. The Kier molecular flexibility index (Phi) is 4.60. The number of carboxylic acids is 1. The van der Waals surface area contributed by atoms with Crippen LogP contribution in [0.4, 0.5) is 24.5 Å². The summed E-state index contributed by atoms with van der Waals surface area (Å²) in [5.41, 5.74) is -5.27. The van der Waals surface area contributed by atoms with Crippen molar-refractivity contribution in [3.8, 4) is 0 Å². The fourth-order valence-corrected chi connectivity index (χ4v) is 2.96. The van der Waals surface area contributed by atoms with Gasteiger partial charge in [-0.1, -0.05) is 0 Å². The highest BCUT2D eigenvalue weighted by atomic mass is 32.2. The van der Waals surface area contributed by atoms with Crippen LogP contribution in [0.3, 0.4) is 0 Å². The van der Waals surface area contributed by atoms with Crippen molar-refractivity contribution < 1.29 is 41.3 Å². The number of hydrogen-bond donors (Lipinski definition) is 1. The molecule has 1 N–H and O–H groups in total. The molecule has 14 heteroatoms. The minimum Gasteiger partial charge on any atom is -0.480 e. The molecule has 1 aromatic rings.